The molecule has 0 unspecified atom stereocenters. The Morgan fingerprint density at radius 2 is 1.79 bits per heavy atom. The van der Waals surface area contributed by atoms with E-state index in [1.54, 1.807) is 0 Å². The lowest BCUT2D eigenvalue weighted by Crippen LogP contribution is -2.17. The van der Waals surface area contributed by atoms with Crippen LogP contribution in [0.15, 0.2) is 35.9 Å². The van der Waals surface area contributed by atoms with Crippen molar-refractivity contribution in [3.05, 3.63) is 41.5 Å². The monoisotopic (exact) mass is 260 g/mol. The second-order valence-electron chi connectivity index (χ2n) is 5.43. The molecule has 0 aliphatic heterocycles. The molecule has 0 spiro atoms. The molecule has 0 saturated heterocycles. The Kier molecular flexibility index (Phi) is 3.56. The van der Waals surface area contributed by atoms with Crippen LogP contribution in [-0.4, -0.2) is 15.3 Å². The number of benzene rings is 1. The summed E-state index contributed by atoms with van der Waals surface area (Å²) in [6.07, 6.45) is 4.05. The van der Waals surface area contributed by atoms with Crippen LogP contribution in [0.3, 0.4) is 0 Å². The highest BCUT2D eigenvalue weighted by Crippen LogP contribution is 2.47. The topological polar surface area (TPSA) is 60.7 Å². The van der Waals surface area contributed by atoms with Gasteiger partial charge < -0.3 is 15.3 Å². The van der Waals surface area contributed by atoms with Gasteiger partial charge in [-0.2, -0.15) is 0 Å². The van der Waals surface area contributed by atoms with E-state index in [-0.39, 0.29) is 29.1 Å². The molecule has 0 fully saturated rings. The Morgan fingerprint density at radius 3 is 2.32 bits per heavy atom. The molecular weight excluding hydrogens is 240 g/mol. The summed E-state index contributed by atoms with van der Waals surface area (Å²) in [4.78, 5) is 0. The van der Waals surface area contributed by atoms with Gasteiger partial charge in [0.05, 0.1) is 0 Å². The summed E-state index contributed by atoms with van der Waals surface area (Å²) in [7, 11) is 0. The zero-order valence-electron chi connectivity index (χ0n) is 11.3. The quantitative estimate of drug-likeness (QED) is 0.708. The number of aromatic hydroxyl groups is 3. The molecule has 102 valence electrons. The molecule has 3 nitrogen and oxygen atoms in total. The number of phenols is 3. The highest BCUT2D eigenvalue weighted by molar-refractivity contribution is 5.53. The molecule has 0 saturated carbocycles. The fourth-order valence-electron chi connectivity index (χ4n) is 2.86. The number of rotatable bonds is 2. The van der Waals surface area contributed by atoms with Crippen LogP contribution >= 0.6 is 0 Å². The second kappa shape index (κ2) is 5.00. The van der Waals surface area contributed by atoms with Gasteiger partial charge in [0, 0.05) is 23.6 Å². The largest absolute Gasteiger partial charge is 0.508 e. The van der Waals surface area contributed by atoms with Gasteiger partial charge in [0.15, 0.2) is 0 Å². The van der Waals surface area contributed by atoms with Crippen molar-refractivity contribution >= 4 is 0 Å². The molecule has 1 aliphatic rings. The summed E-state index contributed by atoms with van der Waals surface area (Å²) >= 11 is 0. The standard InChI is InChI=1S/C16H20O3/c1-9(2)12-5-4-10(3)6-13(12)16-14(18)7-11(17)8-15(16)19/h6-8,12-13,17-19H,1,4-5H2,2-3H3/t12-,13+/m0/s1. The van der Waals surface area contributed by atoms with E-state index < -0.39 is 0 Å². The Hall–Kier alpha value is -1.90. The molecule has 1 aromatic carbocycles. The Balaban J connectivity index is 2.54. The van der Waals surface area contributed by atoms with Gasteiger partial charge in [-0.1, -0.05) is 23.8 Å². The Bertz CT molecular complexity index is 520. The molecule has 19 heavy (non-hydrogen) atoms. The molecule has 0 heterocycles. The second-order valence-corrected chi connectivity index (χ2v) is 5.43. The minimum atomic E-state index is -0.137. The average molecular weight is 260 g/mol. The summed E-state index contributed by atoms with van der Waals surface area (Å²) in [6, 6.07) is 2.53. The van der Waals surface area contributed by atoms with Crippen LogP contribution in [-0.2, 0) is 0 Å². The van der Waals surface area contributed by atoms with Crippen LogP contribution < -0.4 is 0 Å². The van der Waals surface area contributed by atoms with Crippen molar-refractivity contribution in [3.63, 3.8) is 0 Å². The van der Waals surface area contributed by atoms with Crippen LogP contribution in [0.4, 0.5) is 0 Å². The van der Waals surface area contributed by atoms with E-state index in [4.69, 9.17) is 0 Å². The van der Waals surface area contributed by atoms with E-state index in [0.717, 1.165) is 18.4 Å². The number of hydrogen-bond donors (Lipinski definition) is 3. The molecule has 1 aliphatic carbocycles. The van der Waals surface area contributed by atoms with Crippen molar-refractivity contribution < 1.29 is 15.3 Å². The SMILES string of the molecule is C=C(C)[C@@H]1CCC(C)=C[C@H]1c1c(O)cc(O)cc1O. The minimum absolute atomic E-state index is 0.0697. The van der Waals surface area contributed by atoms with E-state index in [0.29, 0.717) is 5.56 Å². The van der Waals surface area contributed by atoms with E-state index in [9.17, 15) is 15.3 Å². The lowest BCUT2D eigenvalue weighted by Gasteiger charge is -2.31. The smallest absolute Gasteiger partial charge is 0.126 e. The summed E-state index contributed by atoms with van der Waals surface area (Å²) in [5.74, 6) is -0.168. The summed E-state index contributed by atoms with van der Waals surface area (Å²) in [5.41, 5.74) is 2.76. The molecule has 1 aromatic rings. The number of phenolic OH excluding ortho intramolecular Hbond substituents is 3. The molecule has 0 aromatic heterocycles. The van der Waals surface area contributed by atoms with Gasteiger partial charge in [-0.3, -0.25) is 0 Å². The summed E-state index contributed by atoms with van der Waals surface area (Å²) < 4.78 is 0. The van der Waals surface area contributed by atoms with Crippen LogP contribution in [0.1, 0.15) is 38.2 Å². The van der Waals surface area contributed by atoms with Gasteiger partial charge >= 0.3 is 0 Å². The number of allylic oxidation sites excluding steroid dienone is 3. The first kappa shape index (κ1) is 13.5. The van der Waals surface area contributed by atoms with Crippen molar-refractivity contribution in [1.29, 1.82) is 0 Å². The zero-order chi connectivity index (χ0) is 14.2. The fourth-order valence-corrected chi connectivity index (χ4v) is 2.86. The predicted molar refractivity (Wildman–Crippen MR) is 75.5 cm³/mol. The van der Waals surface area contributed by atoms with Gasteiger partial charge in [0.25, 0.3) is 0 Å². The van der Waals surface area contributed by atoms with Gasteiger partial charge in [0.1, 0.15) is 17.2 Å². The van der Waals surface area contributed by atoms with Crippen LogP contribution in [0.2, 0.25) is 0 Å². The zero-order valence-corrected chi connectivity index (χ0v) is 11.3. The summed E-state index contributed by atoms with van der Waals surface area (Å²) in [5, 5.41) is 29.5. The average Bonchev–Trinajstić information content (AvgIpc) is 2.27. The maximum atomic E-state index is 10.0. The van der Waals surface area contributed by atoms with E-state index in [1.807, 2.05) is 6.92 Å². The maximum Gasteiger partial charge on any atom is 0.126 e. The van der Waals surface area contributed by atoms with Gasteiger partial charge in [0.2, 0.25) is 0 Å². The van der Waals surface area contributed by atoms with Crippen LogP contribution in [0, 0.1) is 5.92 Å². The van der Waals surface area contributed by atoms with Crippen molar-refractivity contribution in [2.75, 3.05) is 0 Å². The highest BCUT2D eigenvalue weighted by Gasteiger charge is 2.30. The van der Waals surface area contributed by atoms with Gasteiger partial charge in [-0.15, -0.1) is 0 Å². The first-order valence-electron chi connectivity index (χ1n) is 6.47. The van der Waals surface area contributed by atoms with Crippen molar-refractivity contribution in [2.45, 2.75) is 32.6 Å². The van der Waals surface area contributed by atoms with E-state index >= 15 is 0 Å². The molecule has 2 atom stereocenters. The van der Waals surface area contributed by atoms with Gasteiger partial charge in [-0.25, -0.2) is 0 Å². The first-order valence-corrected chi connectivity index (χ1v) is 6.47. The lowest BCUT2D eigenvalue weighted by molar-refractivity contribution is 0.396. The number of hydrogen-bond acceptors (Lipinski definition) is 3. The first-order chi connectivity index (χ1) is 8.90. The molecule has 3 N–H and O–H groups in total. The lowest BCUT2D eigenvalue weighted by atomic mass is 9.74. The maximum absolute atomic E-state index is 10.0. The van der Waals surface area contributed by atoms with Crippen molar-refractivity contribution in [3.8, 4) is 17.2 Å². The van der Waals surface area contributed by atoms with Crippen LogP contribution in [0.5, 0.6) is 17.2 Å². The summed E-state index contributed by atoms with van der Waals surface area (Å²) in [6.45, 7) is 8.04. The molecular formula is C16H20O3. The normalized spacial score (nSPS) is 22.9. The fraction of sp³-hybridized carbons (Fsp3) is 0.375. The third-order valence-corrected chi connectivity index (χ3v) is 3.83. The highest BCUT2D eigenvalue weighted by atomic mass is 16.3. The Labute approximate surface area is 113 Å². The molecule has 3 heteroatoms. The molecule has 2 rings (SSSR count). The van der Waals surface area contributed by atoms with Crippen molar-refractivity contribution in [2.24, 2.45) is 5.92 Å². The third kappa shape index (κ3) is 2.60. The Morgan fingerprint density at radius 1 is 1.21 bits per heavy atom. The molecule has 0 amide bonds. The van der Waals surface area contributed by atoms with Gasteiger partial charge in [-0.05, 0) is 32.6 Å². The predicted octanol–water partition coefficient (Wildman–Crippen LogP) is 3.82. The molecule has 0 radical (unpaired) electrons. The minimum Gasteiger partial charge on any atom is -0.508 e. The van der Waals surface area contributed by atoms with Crippen LogP contribution in [0.25, 0.3) is 0 Å². The molecule has 0 bridgehead atoms. The van der Waals surface area contributed by atoms with E-state index in [2.05, 4.69) is 19.6 Å². The van der Waals surface area contributed by atoms with E-state index in [1.165, 1.54) is 17.7 Å². The third-order valence-electron chi connectivity index (χ3n) is 3.83. The van der Waals surface area contributed by atoms with Crippen molar-refractivity contribution in [1.82, 2.24) is 0 Å².